The van der Waals surface area contributed by atoms with E-state index in [0.717, 1.165) is 10.4 Å². The number of thiophene rings is 1. The van der Waals surface area contributed by atoms with E-state index < -0.39 is 0 Å². The van der Waals surface area contributed by atoms with Crippen LogP contribution in [0.1, 0.15) is 10.4 Å². The fourth-order valence-corrected chi connectivity index (χ4v) is 3.56. The summed E-state index contributed by atoms with van der Waals surface area (Å²) in [6.45, 7) is 2.03. The lowest BCUT2D eigenvalue weighted by atomic mass is 10.1. The van der Waals surface area contributed by atoms with Crippen LogP contribution >= 0.6 is 22.9 Å². The molecule has 25 heavy (non-hydrogen) atoms. The molecule has 0 unspecified atom stereocenters. The van der Waals surface area contributed by atoms with Gasteiger partial charge in [-0.25, -0.2) is 0 Å². The molecule has 0 saturated carbocycles. The summed E-state index contributed by atoms with van der Waals surface area (Å²) in [6.07, 6.45) is 0.228. The van der Waals surface area contributed by atoms with Crippen LogP contribution in [0.5, 0.6) is 5.75 Å². The third-order valence-corrected chi connectivity index (χ3v) is 4.85. The summed E-state index contributed by atoms with van der Waals surface area (Å²) in [5.41, 5.74) is 0.848. The maximum absolute atomic E-state index is 12.1. The number of nitriles is 1. The number of aromatic nitrogens is 2. The van der Waals surface area contributed by atoms with Gasteiger partial charge < -0.3 is 10.1 Å². The second-order valence-corrected chi connectivity index (χ2v) is 7.19. The third-order valence-electron chi connectivity index (χ3n) is 3.22. The number of carbonyl (C=O) groups excluding carboxylic acids is 1. The standard InChI is InChI=1S/C17H14N4O2S2/c1-11-2-7-14(24-11)16-20-17(25-21-16)19-15(22)10-12-3-5-13(6-4-12)23-9-8-18/h2-7H,9-10H2,1H3,(H,19,20,21,22). The molecule has 0 saturated heterocycles. The average Bonchev–Trinajstić information content (AvgIpc) is 3.23. The zero-order chi connectivity index (χ0) is 17.6. The highest BCUT2D eigenvalue weighted by atomic mass is 32.1. The van der Waals surface area contributed by atoms with Crippen molar-refractivity contribution in [1.82, 2.24) is 9.36 Å². The van der Waals surface area contributed by atoms with E-state index in [1.54, 1.807) is 35.6 Å². The van der Waals surface area contributed by atoms with Crippen LogP contribution in [0, 0.1) is 18.3 Å². The van der Waals surface area contributed by atoms with Gasteiger partial charge in [0.15, 0.2) is 12.4 Å². The highest BCUT2D eigenvalue weighted by Crippen LogP contribution is 2.27. The third kappa shape index (κ3) is 4.62. The van der Waals surface area contributed by atoms with Gasteiger partial charge in [0.2, 0.25) is 11.0 Å². The van der Waals surface area contributed by atoms with E-state index in [0.29, 0.717) is 16.7 Å². The summed E-state index contributed by atoms with van der Waals surface area (Å²) in [4.78, 5) is 18.7. The van der Waals surface area contributed by atoms with Gasteiger partial charge >= 0.3 is 0 Å². The summed E-state index contributed by atoms with van der Waals surface area (Å²) in [6, 6.07) is 13.0. The topological polar surface area (TPSA) is 87.9 Å². The molecule has 3 rings (SSSR count). The Morgan fingerprint density at radius 3 is 2.76 bits per heavy atom. The molecule has 2 heterocycles. The lowest BCUT2D eigenvalue weighted by Gasteiger charge is -2.04. The fraction of sp³-hybridized carbons (Fsp3) is 0.176. The highest BCUT2D eigenvalue weighted by Gasteiger charge is 2.11. The van der Waals surface area contributed by atoms with Crippen molar-refractivity contribution in [1.29, 1.82) is 5.26 Å². The van der Waals surface area contributed by atoms with Crippen molar-refractivity contribution in [3.8, 4) is 22.5 Å². The molecule has 3 aromatic rings. The van der Waals surface area contributed by atoms with Gasteiger partial charge in [0.25, 0.3) is 0 Å². The van der Waals surface area contributed by atoms with Gasteiger partial charge in [-0.15, -0.1) is 11.3 Å². The van der Waals surface area contributed by atoms with Gasteiger partial charge in [0.05, 0.1) is 11.3 Å². The minimum absolute atomic E-state index is 0.00295. The van der Waals surface area contributed by atoms with E-state index in [2.05, 4.69) is 14.7 Å². The predicted molar refractivity (Wildman–Crippen MR) is 97.8 cm³/mol. The summed E-state index contributed by atoms with van der Waals surface area (Å²) in [5.74, 6) is 1.08. The monoisotopic (exact) mass is 370 g/mol. The van der Waals surface area contributed by atoms with Gasteiger partial charge in [0.1, 0.15) is 11.8 Å². The van der Waals surface area contributed by atoms with Crippen LogP contribution in [0.3, 0.4) is 0 Å². The smallest absolute Gasteiger partial charge is 0.230 e. The van der Waals surface area contributed by atoms with Gasteiger partial charge in [-0.1, -0.05) is 12.1 Å². The Hall–Kier alpha value is -2.76. The number of nitrogens with one attached hydrogen (secondary N) is 1. The molecule has 6 nitrogen and oxygen atoms in total. The minimum atomic E-state index is -0.157. The molecular formula is C17H14N4O2S2. The molecule has 0 aliphatic heterocycles. The van der Waals surface area contributed by atoms with Crippen molar-refractivity contribution in [2.75, 3.05) is 11.9 Å². The molecular weight excluding hydrogens is 356 g/mol. The first-order valence-electron chi connectivity index (χ1n) is 7.43. The van der Waals surface area contributed by atoms with Crippen molar-refractivity contribution in [3.05, 3.63) is 46.8 Å². The van der Waals surface area contributed by atoms with E-state index in [1.807, 2.05) is 25.1 Å². The van der Waals surface area contributed by atoms with E-state index in [1.165, 1.54) is 16.4 Å². The molecule has 0 bridgehead atoms. The number of ether oxygens (including phenoxy) is 1. The summed E-state index contributed by atoms with van der Waals surface area (Å²) in [5, 5.41) is 11.7. The van der Waals surface area contributed by atoms with Crippen molar-refractivity contribution >= 4 is 33.9 Å². The van der Waals surface area contributed by atoms with E-state index >= 15 is 0 Å². The number of anilines is 1. The summed E-state index contributed by atoms with van der Waals surface area (Å²) < 4.78 is 9.46. The number of hydrogen-bond acceptors (Lipinski definition) is 7. The Labute approximate surface area is 152 Å². The van der Waals surface area contributed by atoms with Crippen LogP contribution in [0.4, 0.5) is 5.13 Å². The number of hydrogen-bond donors (Lipinski definition) is 1. The molecule has 1 amide bonds. The molecule has 0 radical (unpaired) electrons. The molecule has 0 atom stereocenters. The number of benzene rings is 1. The largest absolute Gasteiger partial charge is 0.479 e. The first-order chi connectivity index (χ1) is 12.1. The molecule has 0 aliphatic carbocycles. The number of amides is 1. The van der Waals surface area contributed by atoms with Gasteiger partial charge in [-0.2, -0.15) is 14.6 Å². The zero-order valence-electron chi connectivity index (χ0n) is 13.4. The number of nitrogens with zero attached hydrogens (tertiary/aromatic N) is 3. The Kier molecular flexibility index (Phi) is 5.38. The van der Waals surface area contributed by atoms with Crippen LogP contribution in [-0.4, -0.2) is 21.9 Å². The lowest BCUT2D eigenvalue weighted by molar-refractivity contribution is -0.115. The first-order valence-corrected chi connectivity index (χ1v) is 9.02. The summed E-state index contributed by atoms with van der Waals surface area (Å²) in [7, 11) is 0. The maximum atomic E-state index is 12.1. The zero-order valence-corrected chi connectivity index (χ0v) is 15.0. The Morgan fingerprint density at radius 1 is 1.28 bits per heavy atom. The molecule has 126 valence electrons. The number of carbonyl (C=O) groups is 1. The lowest BCUT2D eigenvalue weighted by Crippen LogP contribution is -2.14. The van der Waals surface area contributed by atoms with Crippen LogP contribution < -0.4 is 10.1 Å². The van der Waals surface area contributed by atoms with Crippen molar-refractivity contribution in [2.45, 2.75) is 13.3 Å². The summed E-state index contributed by atoms with van der Waals surface area (Å²) >= 11 is 2.79. The molecule has 0 fully saturated rings. The molecule has 1 aromatic carbocycles. The molecule has 8 heteroatoms. The number of rotatable bonds is 6. The van der Waals surface area contributed by atoms with Crippen LogP contribution in [-0.2, 0) is 11.2 Å². The highest BCUT2D eigenvalue weighted by molar-refractivity contribution is 7.15. The minimum Gasteiger partial charge on any atom is -0.479 e. The van der Waals surface area contributed by atoms with E-state index in [4.69, 9.17) is 10.00 Å². The Balaban J connectivity index is 1.57. The Morgan fingerprint density at radius 2 is 2.08 bits per heavy atom. The SMILES string of the molecule is Cc1ccc(-c2nsc(NC(=O)Cc3ccc(OCC#N)cc3)n2)s1. The first kappa shape index (κ1) is 17.1. The second-order valence-electron chi connectivity index (χ2n) is 5.15. The quantitative estimate of drug-likeness (QED) is 0.715. The molecule has 1 N–H and O–H groups in total. The average molecular weight is 370 g/mol. The molecule has 0 spiro atoms. The van der Waals surface area contributed by atoms with Crippen molar-refractivity contribution in [3.63, 3.8) is 0 Å². The fourth-order valence-electron chi connectivity index (χ4n) is 2.10. The van der Waals surface area contributed by atoms with Crippen LogP contribution in [0.2, 0.25) is 0 Å². The van der Waals surface area contributed by atoms with E-state index in [-0.39, 0.29) is 18.9 Å². The normalized spacial score (nSPS) is 10.2. The van der Waals surface area contributed by atoms with Crippen molar-refractivity contribution in [2.24, 2.45) is 0 Å². The molecule has 2 aromatic heterocycles. The van der Waals surface area contributed by atoms with Gasteiger partial charge in [-0.05, 0) is 36.8 Å². The second kappa shape index (κ2) is 7.88. The van der Waals surface area contributed by atoms with Crippen LogP contribution in [0.15, 0.2) is 36.4 Å². The Bertz CT molecular complexity index is 909. The maximum Gasteiger partial charge on any atom is 0.230 e. The van der Waals surface area contributed by atoms with Crippen molar-refractivity contribution < 1.29 is 9.53 Å². The van der Waals surface area contributed by atoms with Gasteiger partial charge in [0, 0.05) is 16.4 Å². The van der Waals surface area contributed by atoms with Gasteiger partial charge in [-0.3, -0.25) is 4.79 Å². The predicted octanol–water partition coefficient (Wildman–Crippen LogP) is 3.66. The van der Waals surface area contributed by atoms with E-state index in [9.17, 15) is 4.79 Å². The van der Waals surface area contributed by atoms with Crippen LogP contribution in [0.25, 0.3) is 10.7 Å². The number of aryl methyl sites for hydroxylation is 1. The molecule has 0 aliphatic rings.